The first kappa shape index (κ1) is 12.2. The Morgan fingerprint density at radius 1 is 1.11 bits per heavy atom. The Labute approximate surface area is 105 Å². The highest BCUT2D eigenvalue weighted by Crippen LogP contribution is 2.13. The van der Waals surface area contributed by atoms with Gasteiger partial charge < -0.3 is 9.15 Å². The number of ether oxygens (including phenoxy) is 1. The maximum atomic E-state index is 11.2. The van der Waals surface area contributed by atoms with Gasteiger partial charge >= 0.3 is 5.63 Å². The first-order valence-electron chi connectivity index (χ1n) is 5.61. The molecule has 2 aromatic rings. The number of hydrogen-bond acceptors (Lipinski definition) is 3. The molecule has 3 nitrogen and oxygen atoms in total. The van der Waals surface area contributed by atoms with Crippen LogP contribution < -0.4 is 10.4 Å². The van der Waals surface area contributed by atoms with Gasteiger partial charge in [-0.15, -0.1) is 0 Å². The lowest BCUT2D eigenvalue weighted by Gasteiger charge is -1.99. The third-order valence-corrected chi connectivity index (χ3v) is 2.49. The van der Waals surface area contributed by atoms with Crippen molar-refractivity contribution in [1.29, 1.82) is 0 Å². The van der Waals surface area contributed by atoms with E-state index in [0.29, 0.717) is 5.76 Å². The average Bonchev–Trinajstić information content (AvgIpc) is 2.36. The van der Waals surface area contributed by atoms with E-state index < -0.39 is 0 Å². The van der Waals surface area contributed by atoms with Crippen LogP contribution in [0.25, 0.3) is 12.2 Å². The second kappa shape index (κ2) is 5.36. The van der Waals surface area contributed by atoms with Crippen molar-refractivity contribution in [2.75, 3.05) is 7.11 Å². The molecule has 3 heteroatoms. The van der Waals surface area contributed by atoms with Crippen molar-refractivity contribution in [1.82, 2.24) is 0 Å². The van der Waals surface area contributed by atoms with Crippen LogP contribution in [-0.4, -0.2) is 7.11 Å². The van der Waals surface area contributed by atoms with Gasteiger partial charge in [0.25, 0.3) is 0 Å². The monoisotopic (exact) mass is 242 g/mol. The number of aryl methyl sites for hydroxylation is 1. The number of methoxy groups -OCH3 is 1. The minimum absolute atomic E-state index is 0.329. The standard InChI is InChI=1S/C15H14O3/c1-11-9-14(18-15(16)10-11)8-5-12-3-6-13(17-2)7-4-12/h3-10H,1-2H3/b8-5+. The van der Waals surface area contributed by atoms with Gasteiger partial charge in [0.15, 0.2) is 0 Å². The molecule has 92 valence electrons. The smallest absolute Gasteiger partial charge is 0.336 e. The lowest BCUT2D eigenvalue weighted by atomic mass is 10.2. The molecule has 0 radical (unpaired) electrons. The van der Waals surface area contributed by atoms with Crippen LogP contribution in [0.15, 0.2) is 45.6 Å². The van der Waals surface area contributed by atoms with Crippen molar-refractivity contribution >= 4 is 12.2 Å². The van der Waals surface area contributed by atoms with Gasteiger partial charge in [0, 0.05) is 6.07 Å². The maximum Gasteiger partial charge on any atom is 0.336 e. The van der Waals surface area contributed by atoms with Gasteiger partial charge in [-0.2, -0.15) is 0 Å². The summed E-state index contributed by atoms with van der Waals surface area (Å²) in [5, 5.41) is 0. The third kappa shape index (κ3) is 3.10. The lowest BCUT2D eigenvalue weighted by Crippen LogP contribution is -1.97. The molecule has 0 N–H and O–H groups in total. The van der Waals surface area contributed by atoms with Gasteiger partial charge in [-0.25, -0.2) is 4.79 Å². The molecule has 1 aromatic carbocycles. The van der Waals surface area contributed by atoms with Crippen LogP contribution in [0.1, 0.15) is 16.9 Å². The summed E-state index contributed by atoms with van der Waals surface area (Å²) < 4.78 is 10.1. The molecule has 0 amide bonds. The van der Waals surface area contributed by atoms with Gasteiger partial charge in [-0.05, 0) is 42.3 Å². The first-order valence-corrected chi connectivity index (χ1v) is 5.61. The van der Waals surface area contributed by atoms with E-state index in [1.165, 1.54) is 6.07 Å². The zero-order chi connectivity index (χ0) is 13.0. The molecule has 1 aromatic heterocycles. The van der Waals surface area contributed by atoms with E-state index in [2.05, 4.69) is 0 Å². The fraction of sp³-hybridized carbons (Fsp3) is 0.133. The zero-order valence-corrected chi connectivity index (χ0v) is 10.3. The van der Waals surface area contributed by atoms with Crippen LogP contribution in [0.2, 0.25) is 0 Å². The highest BCUT2D eigenvalue weighted by molar-refractivity contribution is 5.67. The molecule has 0 bridgehead atoms. The van der Waals surface area contributed by atoms with Crippen LogP contribution in [-0.2, 0) is 0 Å². The summed E-state index contributed by atoms with van der Waals surface area (Å²) in [5.41, 5.74) is 1.57. The van der Waals surface area contributed by atoms with E-state index in [-0.39, 0.29) is 5.63 Å². The van der Waals surface area contributed by atoms with E-state index >= 15 is 0 Å². The van der Waals surface area contributed by atoms with Gasteiger partial charge in [-0.3, -0.25) is 0 Å². The van der Waals surface area contributed by atoms with Crippen molar-refractivity contribution in [2.24, 2.45) is 0 Å². The molecule has 0 atom stereocenters. The predicted molar refractivity (Wildman–Crippen MR) is 71.6 cm³/mol. The Bertz CT molecular complexity index is 606. The Hall–Kier alpha value is -2.29. The Balaban J connectivity index is 2.21. The Kier molecular flexibility index (Phi) is 3.63. The number of benzene rings is 1. The van der Waals surface area contributed by atoms with E-state index in [0.717, 1.165) is 16.9 Å². The highest BCUT2D eigenvalue weighted by atomic mass is 16.5. The molecule has 18 heavy (non-hydrogen) atoms. The van der Waals surface area contributed by atoms with Crippen molar-refractivity contribution in [3.05, 3.63) is 63.7 Å². The average molecular weight is 242 g/mol. The van der Waals surface area contributed by atoms with Gasteiger partial charge in [0.05, 0.1) is 7.11 Å². The van der Waals surface area contributed by atoms with Crippen LogP contribution >= 0.6 is 0 Å². The molecule has 0 unspecified atom stereocenters. The summed E-state index contributed by atoms with van der Waals surface area (Å²) >= 11 is 0. The van der Waals surface area contributed by atoms with E-state index in [1.807, 2.05) is 43.3 Å². The number of hydrogen-bond donors (Lipinski definition) is 0. The van der Waals surface area contributed by atoms with Crippen LogP contribution in [0.3, 0.4) is 0 Å². The quantitative estimate of drug-likeness (QED) is 0.830. The van der Waals surface area contributed by atoms with E-state index in [9.17, 15) is 4.79 Å². The normalized spacial score (nSPS) is 10.8. The van der Waals surface area contributed by atoms with Crippen LogP contribution in [0, 0.1) is 6.92 Å². The molecule has 0 fully saturated rings. The summed E-state index contributed by atoms with van der Waals surface area (Å²) in [6.07, 6.45) is 3.66. The summed E-state index contributed by atoms with van der Waals surface area (Å²) in [7, 11) is 1.63. The fourth-order valence-electron chi connectivity index (χ4n) is 1.60. The molecule has 0 saturated carbocycles. The second-order valence-electron chi connectivity index (χ2n) is 3.96. The van der Waals surface area contributed by atoms with Gasteiger partial charge in [0.2, 0.25) is 0 Å². The third-order valence-electron chi connectivity index (χ3n) is 2.49. The minimum Gasteiger partial charge on any atom is -0.497 e. The van der Waals surface area contributed by atoms with Crippen molar-refractivity contribution < 1.29 is 9.15 Å². The molecule has 0 aliphatic carbocycles. The largest absolute Gasteiger partial charge is 0.497 e. The summed E-state index contributed by atoms with van der Waals surface area (Å²) in [6, 6.07) is 10.9. The summed E-state index contributed by atoms with van der Waals surface area (Å²) in [6.45, 7) is 1.86. The molecular formula is C15H14O3. The predicted octanol–water partition coefficient (Wildman–Crippen LogP) is 3.13. The van der Waals surface area contributed by atoms with Crippen molar-refractivity contribution in [3.63, 3.8) is 0 Å². The molecule has 0 aliphatic rings. The van der Waals surface area contributed by atoms with Crippen LogP contribution in [0.4, 0.5) is 0 Å². The van der Waals surface area contributed by atoms with Crippen molar-refractivity contribution in [3.8, 4) is 5.75 Å². The number of rotatable bonds is 3. The van der Waals surface area contributed by atoms with Crippen LogP contribution in [0.5, 0.6) is 5.75 Å². The summed E-state index contributed by atoms with van der Waals surface area (Å²) in [4.78, 5) is 11.2. The zero-order valence-electron chi connectivity index (χ0n) is 10.3. The second-order valence-corrected chi connectivity index (χ2v) is 3.96. The van der Waals surface area contributed by atoms with E-state index in [4.69, 9.17) is 9.15 Å². The lowest BCUT2D eigenvalue weighted by molar-refractivity contribution is 0.415. The molecule has 0 spiro atoms. The molecule has 0 saturated heterocycles. The first-order chi connectivity index (χ1) is 8.67. The summed E-state index contributed by atoms with van der Waals surface area (Å²) in [5.74, 6) is 1.37. The van der Waals surface area contributed by atoms with Crippen molar-refractivity contribution in [2.45, 2.75) is 6.92 Å². The van der Waals surface area contributed by atoms with Gasteiger partial charge in [0.1, 0.15) is 11.5 Å². The molecule has 1 heterocycles. The minimum atomic E-state index is -0.329. The maximum absolute atomic E-state index is 11.2. The molecular weight excluding hydrogens is 228 g/mol. The Morgan fingerprint density at radius 2 is 1.83 bits per heavy atom. The fourth-order valence-corrected chi connectivity index (χ4v) is 1.60. The van der Waals surface area contributed by atoms with Gasteiger partial charge in [-0.1, -0.05) is 18.2 Å². The topological polar surface area (TPSA) is 39.4 Å². The molecule has 0 aliphatic heterocycles. The SMILES string of the molecule is COc1ccc(/C=C/c2cc(C)cc(=O)o2)cc1. The highest BCUT2D eigenvalue weighted by Gasteiger charge is 1.95. The molecule has 2 rings (SSSR count). The van der Waals surface area contributed by atoms with E-state index in [1.54, 1.807) is 13.2 Å². The Morgan fingerprint density at radius 3 is 2.44 bits per heavy atom.